The molecule has 0 saturated carbocycles. The topological polar surface area (TPSA) is 139 Å². The predicted octanol–water partition coefficient (Wildman–Crippen LogP) is 3.28. The number of para-hydroxylation sites is 1. The van der Waals surface area contributed by atoms with Gasteiger partial charge in [-0.25, -0.2) is 16.8 Å². The van der Waals surface area contributed by atoms with Crippen molar-refractivity contribution in [1.29, 1.82) is 0 Å². The van der Waals surface area contributed by atoms with Gasteiger partial charge in [0.25, 0.3) is 0 Å². The van der Waals surface area contributed by atoms with E-state index in [1.54, 1.807) is 102 Å². The van der Waals surface area contributed by atoms with Gasteiger partial charge in [0, 0.05) is 32.0 Å². The van der Waals surface area contributed by atoms with Gasteiger partial charge in [-0.3, -0.25) is 14.2 Å². The molecule has 0 spiro atoms. The van der Waals surface area contributed by atoms with Crippen molar-refractivity contribution in [3.05, 3.63) is 132 Å². The van der Waals surface area contributed by atoms with Crippen LogP contribution in [0.5, 0.6) is 5.75 Å². The summed E-state index contributed by atoms with van der Waals surface area (Å²) in [5.41, 5.74) is -1.52. The number of aromatic nitrogens is 1. The van der Waals surface area contributed by atoms with Crippen LogP contribution in [0.4, 0.5) is 0 Å². The average Bonchev–Trinajstić information content (AvgIpc) is 3.83. The molecule has 0 radical (unpaired) electrons. The van der Waals surface area contributed by atoms with Crippen molar-refractivity contribution in [3.63, 3.8) is 0 Å². The van der Waals surface area contributed by atoms with E-state index in [9.17, 15) is 16.8 Å². The second kappa shape index (κ2) is 13.0. The van der Waals surface area contributed by atoms with Crippen LogP contribution >= 0.6 is 0 Å². The molecule has 0 aliphatic carbocycles. The summed E-state index contributed by atoms with van der Waals surface area (Å²) in [6, 6.07) is 28.8. The van der Waals surface area contributed by atoms with Crippen LogP contribution in [0.25, 0.3) is 0 Å². The fourth-order valence-electron chi connectivity index (χ4n) is 6.24. The molecule has 3 aliphatic heterocycles. The van der Waals surface area contributed by atoms with E-state index in [-0.39, 0.29) is 28.0 Å². The molecule has 11 nitrogen and oxygen atoms in total. The van der Waals surface area contributed by atoms with Crippen molar-refractivity contribution < 1.29 is 25.2 Å². The molecule has 4 heterocycles. The smallest absolute Gasteiger partial charge is 0.233 e. The van der Waals surface area contributed by atoms with Crippen LogP contribution in [-0.2, 0) is 36.2 Å². The van der Waals surface area contributed by atoms with Crippen molar-refractivity contribution >= 4 is 37.8 Å². The molecule has 0 amide bonds. The first-order valence-electron chi connectivity index (χ1n) is 14.9. The summed E-state index contributed by atoms with van der Waals surface area (Å²) in [6.07, 6.45) is 3.13. The molecule has 3 aromatic carbocycles. The van der Waals surface area contributed by atoms with Crippen molar-refractivity contribution in [2.24, 2.45) is 4.99 Å². The maximum atomic E-state index is 14.9. The Morgan fingerprint density at radius 1 is 0.851 bits per heavy atom. The Kier molecular flexibility index (Phi) is 8.66. The molecule has 2 N–H and O–H groups in total. The number of hydrogen-bond donors (Lipinski definition) is 2. The molecule has 7 rings (SSSR count). The Balaban J connectivity index is 1.55. The predicted molar refractivity (Wildman–Crippen MR) is 178 cm³/mol. The monoisotopic (exact) mass is 689 g/mol. The molecule has 14 heteroatoms. The van der Waals surface area contributed by atoms with Crippen LogP contribution in [0.1, 0.15) is 11.5 Å². The summed E-state index contributed by atoms with van der Waals surface area (Å²) < 4.78 is 71.8. The van der Waals surface area contributed by atoms with E-state index in [1.165, 1.54) is 12.1 Å². The van der Waals surface area contributed by atoms with E-state index in [0.717, 1.165) is 0 Å². The summed E-state index contributed by atoms with van der Waals surface area (Å²) in [5, 5.41) is 5.32. The molecular weight excluding hydrogens is 659 g/mol. The number of nitrogens with one attached hydrogen (secondary N) is 2. The van der Waals surface area contributed by atoms with Crippen LogP contribution < -0.4 is 14.8 Å². The Morgan fingerprint density at radius 2 is 1.55 bits per heavy atom. The van der Waals surface area contributed by atoms with E-state index in [1.807, 2.05) is 6.07 Å². The molecule has 0 bridgehead atoms. The third kappa shape index (κ3) is 5.64. The maximum absolute atomic E-state index is 14.9. The van der Waals surface area contributed by atoms with Crippen molar-refractivity contribution in [2.75, 3.05) is 26.2 Å². The number of pyridine rings is 1. The largest absolute Gasteiger partial charge is 0.399 e. The SMILES string of the molecule is O=[S@](O[C@]1(C2=NCCN2)[C@@H]([S@](=O)Oc2ccccc2)N2CCNC2=C(S(=O)(=O)c2ccccc2)[C@H]1c1cccnc1)c1ccccc1. The van der Waals surface area contributed by atoms with Gasteiger partial charge in [-0.05, 0) is 48.0 Å². The first-order chi connectivity index (χ1) is 22.9. The van der Waals surface area contributed by atoms with Crippen LogP contribution in [0.2, 0.25) is 0 Å². The van der Waals surface area contributed by atoms with Crippen LogP contribution in [0, 0.1) is 0 Å². The highest BCUT2D eigenvalue weighted by Gasteiger charge is 2.66. The van der Waals surface area contributed by atoms with Gasteiger partial charge < -0.3 is 19.7 Å². The van der Waals surface area contributed by atoms with Crippen molar-refractivity contribution in [1.82, 2.24) is 20.5 Å². The fourth-order valence-corrected chi connectivity index (χ4v) is 10.5. The van der Waals surface area contributed by atoms with Crippen molar-refractivity contribution in [2.45, 2.75) is 26.7 Å². The lowest BCUT2D eigenvalue weighted by Gasteiger charge is -2.51. The summed E-state index contributed by atoms with van der Waals surface area (Å²) in [7, 11) is -4.28. The Hall–Kier alpha value is -4.37. The van der Waals surface area contributed by atoms with Gasteiger partial charge >= 0.3 is 0 Å². The maximum Gasteiger partial charge on any atom is 0.233 e. The first kappa shape index (κ1) is 31.2. The summed E-state index contributed by atoms with van der Waals surface area (Å²) >= 11 is -4.41. The summed E-state index contributed by atoms with van der Waals surface area (Å²) in [6.45, 7) is 1.35. The van der Waals surface area contributed by atoms with E-state index in [0.29, 0.717) is 35.8 Å². The lowest BCUT2D eigenvalue weighted by molar-refractivity contribution is 0.0665. The second-order valence-electron chi connectivity index (χ2n) is 11.0. The van der Waals surface area contributed by atoms with E-state index in [4.69, 9.17) is 13.4 Å². The number of benzene rings is 3. The molecule has 1 aromatic heterocycles. The second-order valence-corrected chi connectivity index (χ2v) is 15.1. The van der Waals surface area contributed by atoms with Gasteiger partial charge in [0.1, 0.15) is 22.3 Å². The minimum absolute atomic E-state index is 0.0383. The zero-order valence-electron chi connectivity index (χ0n) is 25.0. The summed E-state index contributed by atoms with van der Waals surface area (Å²) in [4.78, 5) is 11.2. The van der Waals surface area contributed by atoms with Gasteiger partial charge in [0.15, 0.2) is 22.1 Å². The third-order valence-electron chi connectivity index (χ3n) is 8.16. The number of fused-ring (bicyclic) bond motifs is 1. The average molecular weight is 690 g/mol. The molecule has 0 unspecified atom stereocenters. The minimum atomic E-state index is -4.28. The highest BCUT2D eigenvalue weighted by Crippen LogP contribution is 2.53. The van der Waals surface area contributed by atoms with Crippen LogP contribution in [0.3, 0.4) is 0 Å². The zero-order valence-corrected chi connectivity index (χ0v) is 27.4. The van der Waals surface area contributed by atoms with Crippen LogP contribution in [-0.4, -0.2) is 69.7 Å². The number of amidine groups is 1. The van der Waals surface area contributed by atoms with Gasteiger partial charge in [-0.2, -0.15) is 0 Å². The summed E-state index contributed by atoms with van der Waals surface area (Å²) in [5.74, 6) is -0.412. The molecule has 242 valence electrons. The number of rotatable bonds is 10. The third-order valence-corrected chi connectivity index (χ3v) is 12.5. The molecule has 47 heavy (non-hydrogen) atoms. The van der Waals surface area contributed by atoms with E-state index >= 15 is 0 Å². The van der Waals surface area contributed by atoms with Gasteiger partial charge in [-0.1, -0.05) is 60.7 Å². The van der Waals surface area contributed by atoms with E-state index in [2.05, 4.69) is 15.6 Å². The van der Waals surface area contributed by atoms with Crippen LogP contribution in [0.15, 0.2) is 141 Å². The normalized spacial score (nSPS) is 23.7. The van der Waals surface area contributed by atoms with Gasteiger partial charge in [0.2, 0.25) is 20.9 Å². The Morgan fingerprint density at radius 3 is 2.21 bits per heavy atom. The fraction of sp³-hybridized carbons (Fsp3) is 0.212. The molecule has 3 aliphatic rings. The minimum Gasteiger partial charge on any atom is -0.399 e. The highest BCUT2D eigenvalue weighted by atomic mass is 32.2. The van der Waals surface area contributed by atoms with Crippen molar-refractivity contribution in [3.8, 4) is 5.75 Å². The molecule has 1 saturated heterocycles. The van der Waals surface area contributed by atoms with E-state index < -0.39 is 48.9 Å². The number of hydrogen-bond acceptors (Lipinski definition) is 11. The molecular formula is C33H31N5O6S3. The Labute approximate surface area is 278 Å². The van der Waals surface area contributed by atoms with Gasteiger partial charge in [0.05, 0.1) is 22.3 Å². The molecule has 1 fully saturated rings. The molecule has 4 aromatic rings. The molecule has 5 atom stereocenters. The lowest BCUT2D eigenvalue weighted by atomic mass is 9.78. The number of aliphatic imine (C=N–C) groups is 1. The zero-order chi connectivity index (χ0) is 32.4. The standard InChI is InChI=1S/C33H31N5O6S3/c39-45(26-14-6-2-7-15-26)44-33(31-36-19-20-37-31)28(24-11-10-18-34-23-24)29(47(41,42)27-16-8-3-9-17-27)30-35-21-22-38(30)32(33)46(40)43-25-12-4-1-5-13-25/h1-18,23,28,32,35H,19-22H2,(H,36,37)/t28-,32-,33-,45-,46-/m1/s1. The highest BCUT2D eigenvalue weighted by molar-refractivity contribution is 7.95. The number of sulfone groups is 1. The quantitative estimate of drug-likeness (QED) is 0.255. The first-order valence-corrected chi connectivity index (χ1v) is 18.6. The van der Waals surface area contributed by atoms with Gasteiger partial charge in [-0.15, -0.1) is 0 Å². The lowest BCUT2D eigenvalue weighted by Crippen LogP contribution is -2.69. The number of nitrogens with zero attached hydrogens (tertiary/aromatic N) is 3. The Bertz CT molecular complexity index is 1970.